The van der Waals surface area contributed by atoms with Gasteiger partial charge in [0.15, 0.2) is 11.5 Å². The average molecular weight is 389 g/mol. The second kappa shape index (κ2) is 6.44. The Kier molecular flexibility index (Phi) is 3.76. The highest BCUT2D eigenvalue weighted by atomic mass is 16.5. The minimum atomic E-state index is -0.559. The van der Waals surface area contributed by atoms with Gasteiger partial charge in [-0.2, -0.15) is 9.78 Å². The zero-order chi connectivity index (χ0) is 20.0. The number of benzene rings is 2. The summed E-state index contributed by atoms with van der Waals surface area (Å²) in [5.41, 5.74) is 2.69. The van der Waals surface area contributed by atoms with E-state index in [9.17, 15) is 9.90 Å². The molecule has 144 valence electrons. The predicted molar refractivity (Wildman–Crippen MR) is 103 cm³/mol. The van der Waals surface area contributed by atoms with Crippen LogP contribution in [0, 0.1) is 0 Å². The molecule has 0 unspecified atom stereocenters. The number of phenols is 1. The van der Waals surface area contributed by atoms with E-state index >= 15 is 0 Å². The van der Waals surface area contributed by atoms with Crippen LogP contribution < -0.4 is 15.6 Å². The van der Waals surface area contributed by atoms with Gasteiger partial charge in [0, 0.05) is 11.1 Å². The molecule has 4 aromatic rings. The lowest BCUT2D eigenvalue weighted by atomic mass is 9.92. The van der Waals surface area contributed by atoms with E-state index < -0.39 is 6.04 Å². The van der Waals surface area contributed by atoms with Gasteiger partial charge in [-0.3, -0.25) is 4.79 Å². The largest absolute Gasteiger partial charge is 0.504 e. The van der Waals surface area contributed by atoms with Crippen molar-refractivity contribution < 1.29 is 9.84 Å². The summed E-state index contributed by atoms with van der Waals surface area (Å²) in [4.78, 5) is 12.6. The molecule has 2 aromatic heterocycles. The van der Waals surface area contributed by atoms with Crippen LogP contribution in [0.2, 0.25) is 0 Å². The number of anilines is 2. The molecule has 1 atom stereocenters. The van der Waals surface area contributed by atoms with Crippen molar-refractivity contribution in [3.8, 4) is 22.8 Å². The van der Waals surface area contributed by atoms with Crippen molar-refractivity contribution >= 4 is 11.6 Å². The number of methoxy groups -OCH3 is 1. The summed E-state index contributed by atoms with van der Waals surface area (Å²) in [5, 5.41) is 31.7. The van der Waals surface area contributed by atoms with Gasteiger partial charge in [0.2, 0.25) is 5.95 Å². The van der Waals surface area contributed by atoms with Crippen molar-refractivity contribution in [3.63, 3.8) is 0 Å². The smallest absolute Gasteiger partial charge is 0.288 e. The Morgan fingerprint density at radius 2 is 2.00 bits per heavy atom. The number of nitrogens with one attached hydrogen (secondary N) is 2. The van der Waals surface area contributed by atoms with Crippen molar-refractivity contribution in [2.24, 2.45) is 0 Å². The number of aromatic hydroxyl groups is 1. The van der Waals surface area contributed by atoms with Crippen molar-refractivity contribution in [1.82, 2.24) is 30.4 Å². The van der Waals surface area contributed by atoms with Crippen LogP contribution >= 0.6 is 0 Å². The summed E-state index contributed by atoms with van der Waals surface area (Å²) in [6.07, 6.45) is 0. The Morgan fingerprint density at radius 1 is 1.17 bits per heavy atom. The molecule has 10 heteroatoms. The molecule has 0 fully saturated rings. The fourth-order valence-electron chi connectivity index (χ4n) is 3.53. The molecule has 3 N–H and O–H groups in total. The van der Waals surface area contributed by atoms with E-state index in [4.69, 9.17) is 4.74 Å². The molecule has 5 rings (SSSR count). The zero-order valence-corrected chi connectivity index (χ0v) is 15.2. The van der Waals surface area contributed by atoms with Crippen molar-refractivity contribution in [3.05, 3.63) is 70.0 Å². The maximum Gasteiger partial charge on any atom is 0.288 e. The lowest BCUT2D eigenvalue weighted by molar-refractivity contribution is 0.372. The van der Waals surface area contributed by atoms with E-state index in [1.165, 1.54) is 13.2 Å². The normalized spacial score (nSPS) is 14.6. The van der Waals surface area contributed by atoms with E-state index in [0.717, 1.165) is 11.1 Å². The summed E-state index contributed by atoms with van der Waals surface area (Å²) < 4.78 is 6.83. The Labute approximate surface area is 163 Å². The monoisotopic (exact) mass is 389 g/mol. The van der Waals surface area contributed by atoms with Crippen LogP contribution in [0.4, 0.5) is 11.6 Å². The van der Waals surface area contributed by atoms with Crippen LogP contribution in [0.15, 0.2) is 53.3 Å². The van der Waals surface area contributed by atoms with Crippen molar-refractivity contribution in [2.75, 3.05) is 12.4 Å². The molecular formula is C19H15N7O3. The molecule has 2 aromatic carbocycles. The third-order valence-corrected chi connectivity index (χ3v) is 4.84. The third-order valence-electron chi connectivity index (χ3n) is 4.84. The first-order chi connectivity index (χ1) is 14.2. The number of aromatic amines is 1. The Bertz CT molecular complexity index is 1270. The van der Waals surface area contributed by atoms with Crippen molar-refractivity contribution in [2.45, 2.75) is 6.04 Å². The first-order valence-electron chi connectivity index (χ1n) is 8.77. The maximum atomic E-state index is 12.6. The number of tetrazole rings is 1. The Balaban J connectivity index is 1.82. The van der Waals surface area contributed by atoms with E-state index in [-0.39, 0.29) is 11.3 Å². The van der Waals surface area contributed by atoms with Crippen molar-refractivity contribution in [1.29, 1.82) is 0 Å². The number of ether oxygens (including phenoxy) is 1. The highest BCUT2D eigenvalue weighted by molar-refractivity contribution is 5.75. The number of aromatic nitrogens is 6. The molecule has 10 nitrogen and oxygen atoms in total. The Morgan fingerprint density at radius 3 is 2.79 bits per heavy atom. The molecule has 0 bridgehead atoms. The highest BCUT2D eigenvalue weighted by Crippen LogP contribution is 2.42. The first-order valence-corrected chi connectivity index (χ1v) is 8.77. The molecule has 1 aliphatic heterocycles. The van der Waals surface area contributed by atoms with Gasteiger partial charge in [0.1, 0.15) is 11.7 Å². The molecule has 0 saturated heterocycles. The molecular weight excluding hydrogens is 374 g/mol. The van der Waals surface area contributed by atoms with Gasteiger partial charge in [0.05, 0.1) is 12.8 Å². The predicted octanol–water partition coefficient (Wildman–Crippen LogP) is 1.83. The maximum absolute atomic E-state index is 12.6. The SMILES string of the molecule is COc1cc([C@H]2c3c(-c4ccccc4)n[nH]c(=O)c3Nc3nnnn32)ccc1O. The average Bonchev–Trinajstić information content (AvgIpc) is 3.22. The number of rotatable bonds is 3. The van der Waals surface area contributed by atoms with Crippen LogP contribution in [0.1, 0.15) is 17.2 Å². The van der Waals surface area contributed by atoms with Gasteiger partial charge in [-0.1, -0.05) is 41.5 Å². The zero-order valence-electron chi connectivity index (χ0n) is 15.2. The minimum Gasteiger partial charge on any atom is -0.504 e. The number of hydrogen-bond acceptors (Lipinski definition) is 8. The van der Waals surface area contributed by atoms with Gasteiger partial charge in [-0.05, 0) is 28.1 Å². The summed E-state index contributed by atoms with van der Waals surface area (Å²) in [6, 6.07) is 13.9. The van der Waals surface area contributed by atoms with Gasteiger partial charge < -0.3 is 15.2 Å². The van der Waals surface area contributed by atoms with E-state index in [2.05, 4.69) is 31.0 Å². The molecule has 29 heavy (non-hydrogen) atoms. The van der Waals surface area contributed by atoms with Crippen LogP contribution in [-0.4, -0.2) is 42.6 Å². The molecule has 1 aliphatic rings. The van der Waals surface area contributed by atoms with Crippen LogP contribution in [0.25, 0.3) is 11.3 Å². The van der Waals surface area contributed by atoms with Crippen LogP contribution in [0.5, 0.6) is 11.5 Å². The summed E-state index contributed by atoms with van der Waals surface area (Å²) in [6.45, 7) is 0. The number of H-pyrrole nitrogens is 1. The molecule has 0 radical (unpaired) electrons. The molecule has 0 amide bonds. The molecule has 0 aliphatic carbocycles. The lowest BCUT2D eigenvalue weighted by Gasteiger charge is -2.28. The Hall–Kier alpha value is -4.21. The fraction of sp³-hybridized carbons (Fsp3) is 0.105. The fourth-order valence-corrected chi connectivity index (χ4v) is 3.53. The topological polar surface area (TPSA) is 131 Å². The van der Waals surface area contributed by atoms with Gasteiger partial charge >= 0.3 is 0 Å². The lowest BCUT2D eigenvalue weighted by Crippen LogP contribution is -2.29. The summed E-state index contributed by atoms with van der Waals surface area (Å²) in [7, 11) is 1.47. The van der Waals surface area contributed by atoms with Gasteiger partial charge in [-0.15, -0.1) is 0 Å². The summed E-state index contributed by atoms with van der Waals surface area (Å²) in [5.74, 6) is 0.635. The third kappa shape index (κ3) is 2.61. The van der Waals surface area contributed by atoms with Gasteiger partial charge in [0.25, 0.3) is 5.56 Å². The van der Waals surface area contributed by atoms with Crippen LogP contribution in [-0.2, 0) is 0 Å². The second-order valence-corrected chi connectivity index (χ2v) is 6.46. The first kappa shape index (κ1) is 16.9. The molecule has 0 spiro atoms. The number of nitrogens with zero attached hydrogens (tertiary/aromatic N) is 5. The number of phenolic OH excluding ortho intramolecular Hbond substituents is 1. The quantitative estimate of drug-likeness (QED) is 0.426. The summed E-state index contributed by atoms with van der Waals surface area (Å²) >= 11 is 0. The molecule has 3 heterocycles. The molecule has 0 saturated carbocycles. The number of fused-ring (bicyclic) bond motifs is 2. The highest BCUT2D eigenvalue weighted by Gasteiger charge is 2.34. The van der Waals surface area contributed by atoms with Gasteiger partial charge in [-0.25, -0.2) is 5.10 Å². The van der Waals surface area contributed by atoms with E-state index in [1.54, 1.807) is 16.8 Å². The van der Waals surface area contributed by atoms with E-state index in [1.807, 2.05) is 30.3 Å². The number of hydrogen-bond donors (Lipinski definition) is 3. The second-order valence-electron chi connectivity index (χ2n) is 6.46. The van der Waals surface area contributed by atoms with Crippen LogP contribution in [0.3, 0.4) is 0 Å². The standard InChI is InChI=1S/C19H15N7O3/c1-29-13-9-11(7-8-12(13)27)17-14-15(10-5-3-2-4-6-10)21-22-18(28)16(14)20-19-23-24-25-26(17)19/h2-9,17,27H,1H3,(H,22,28)(H,20,23,25)/t17-/m0/s1. The minimum absolute atomic E-state index is 0.00895. The van der Waals surface area contributed by atoms with E-state index in [0.29, 0.717) is 28.6 Å².